The highest BCUT2D eigenvalue weighted by atomic mass is 35.5. The Bertz CT molecular complexity index is 736. The van der Waals surface area contributed by atoms with Crippen LogP contribution in [0.1, 0.15) is 5.56 Å². The summed E-state index contributed by atoms with van der Waals surface area (Å²) < 4.78 is 1.75. The molecule has 1 aromatic carbocycles. The van der Waals surface area contributed by atoms with E-state index in [1.54, 1.807) is 16.8 Å². The lowest BCUT2D eigenvalue weighted by Gasteiger charge is -2.05. The second kappa shape index (κ2) is 4.23. The summed E-state index contributed by atoms with van der Waals surface area (Å²) in [7, 11) is 0. The standard InChI is InChI=1S/C12H8Cl2N4/c1-7-4-8(13)2-3-9(7)12-17-16-11-6-15-5-10(14)18(11)12/h2-6H,1H3. The molecule has 2 aromatic heterocycles. The van der Waals surface area contributed by atoms with Crippen LogP contribution in [-0.4, -0.2) is 19.6 Å². The summed E-state index contributed by atoms with van der Waals surface area (Å²) >= 11 is 12.1. The SMILES string of the molecule is Cc1cc(Cl)ccc1-c1nnc2cncc(Cl)n12. The molecule has 4 nitrogen and oxygen atoms in total. The van der Waals surface area contributed by atoms with Gasteiger partial charge in [-0.15, -0.1) is 10.2 Å². The van der Waals surface area contributed by atoms with Crippen LogP contribution in [0, 0.1) is 6.92 Å². The molecule has 0 bridgehead atoms. The quantitative estimate of drug-likeness (QED) is 0.685. The van der Waals surface area contributed by atoms with Crippen molar-refractivity contribution in [2.24, 2.45) is 0 Å². The van der Waals surface area contributed by atoms with Crippen molar-refractivity contribution in [1.29, 1.82) is 0 Å². The predicted molar refractivity (Wildman–Crippen MR) is 71.0 cm³/mol. The van der Waals surface area contributed by atoms with Crippen molar-refractivity contribution in [3.8, 4) is 11.4 Å². The summed E-state index contributed by atoms with van der Waals surface area (Å²) in [5.41, 5.74) is 2.58. The molecule has 0 saturated carbocycles. The first-order valence-electron chi connectivity index (χ1n) is 5.28. The van der Waals surface area contributed by atoms with Gasteiger partial charge in [-0.1, -0.05) is 23.2 Å². The first-order valence-corrected chi connectivity index (χ1v) is 6.03. The van der Waals surface area contributed by atoms with Gasteiger partial charge in [-0.05, 0) is 30.7 Å². The molecule has 2 heterocycles. The van der Waals surface area contributed by atoms with Crippen LogP contribution in [0.25, 0.3) is 17.0 Å². The molecule has 0 radical (unpaired) electrons. The molecule has 0 spiro atoms. The van der Waals surface area contributed by atoms with E-state index in [9.17, 15) is 0 Å². The van der Waals surface area contributed by atoms with E-state index in [1.807, 2.05) is 25.1 Å². The van der Waals surface area contributed by atoms with Gasteiger partial charge in [0.2, 0.25) is 0 Å². The van der Waals surface area contributed by atoms with Gasteiger partial charge in [-0.3, -0.25) is 9.38 Å². The Hall–Kier alpha value is -1.65. The predicted octanol–water partition coefficient (Wildman–Crippen LogP) is 3.41. The highest BCUT2D eigenvalue weighted by Crippen LogP contribution is 2.26. The van der Waals surface area contributed by atoms with Crippen molar-refractivity contribution in [3.05, 3.63) is 46.3 Å². The smallest absolute Gasteiger partial charge is 0.180 e. The van der Waals surface area contributed by atoms with E-state index in [0.717, 1.165) is 11.1 Å². The molecule has 0 aliphatic carbocycles. The fraction of sp³-hybridized carbons (Fsp3) is 0.0833. The van der Waals surface area contributed by atoms with Crippen molar-refractivity contribution in [2.75, 3.05) is 0 Å². The average Bonchev–Trinajstić information content (AvgIpc) is 2.74. The zero-order valence-corrected chi connectivity index (χ0v) is 10.9. The van der Waals surface area contributed by atoms with Gasteiger partial charge in [-0.25, -0.2) is 0 Å². The van der Waals surface area contributed by atoms with E-state index in [1.165, 1.54) is 0 Å². The van der Waals surface area contributed by atoms with Gasteiger partial charge in [-0.2, -0.15) is 0 Å². The maximum Gasteiger partial charge on any atom is 0.180 e. The fourth-order valence-corrected chi connectivity index (χ4v) is 2.32. The Morgan fingerprint density at radius 1 is 1.11 bits per heavy atom. The van der Waals surface area contributed by atoms with Crippen molar-refractivity contribution in [2.45, 2.75) is 6.92 Å². The first kappa shape index (κ1) is 11.4. The summed E-state index contributed by atoms with van der Waals surface area (Å²) in [5.74, 6) is 0.687. The molecule has 0 aliphatic heterocycles. The second-order valence-corrected chi connectivity index (χ2v) is 4.73. The zero-order valence-electron chi connectivity index (χ0n) is 9.43. The van der Waals surface area contributed by atoms with Crippen molar-refractivity contribution < 1.29 is 0 Å². The Kier molecular flexibility index (Phi) is 2.69. The van der Waals surface area contributed by atoms with Crippen molar-refractivity contribution >= 4 is 28.8 Å². The minimum Gasteiger partial charge on any atom is -0.262 e. The molecular formula is C12H8Cl2N4. The lowest BCUT2D eigenvalue weighted by atomic mass is 10.1. The van der Waals surface area contributed by atoms with Crippen LogP contribution >= 0.6 is 23.2 Å². The lowest BCUT2D eigenvalue weighted by molar-refractivity contribution is 1.10. The summed E-state index contributed by atoms with van der Waals surface area (Å²) in [5, 5.41) is 9.38. The maximum absolute atomic E-state index is 6.13. The third-order valence-corrected chi connectivity index (χ3v) is 3.20. The number of hydrogen-bond donors (Lipinski definition) is 0. The highest BCUT2D eigenvalue weighted by molar-refractivity contribution is 6.30. The molecule has 0 unspecified atom stereocenters. The van der Waals surface area contributed by atoms with Crippen LogP contribution in [0.2, 0.25) is 10.2 Å². The minimum absolute atomic E-state index is 0.474. The molecule has 90 valence electrons. The minimum atomic E-state index is 0.474. The molecule has 3 aromatic rings. The van der Waals surface area contributed by atoms with Crippen LogP contribution < -0.4 is 0 Å². The fourth-order valence-electron chi connectivity index (χ4n) is 1.87. The topological polar surface area (TPSA) is 43.1 Å². The Labute approximate surface area is 113 Å². The molecule has 0 N–H and O–H groups in total. The number of fused-ring (bicyclic) bond motifs is 1. The van der Waals surface area contributed by atoms with E-state index in [-0.39, 0.29) is 0 Å². The zero-order chi connectivity index (χ0) is 12.7. The van der Waals surface area contributed by atoms with Crippen LogP contribution in [0.5, 0.6) is 0 Å². The van der Waals surface area contributed by atoms with E-state index in [4.69, 9.17) is 23.2 Å². The molecule has 0 atom stereocenters. The van der Waals surface area contributed by atoms with Gasteiger partial charge in [0.15, 0.2) is 11.5 Å². The Morgan fingerprint density at radius 2 is 1.94 bits per heavy atom. The first-order chi connectivity index (χ1) is 8.66. The molecule has 0 saturated heterocycles. The average molecular weight is 279 g/mol. The Morgan fingerprint density at radius 3 is 2.72 bits per heavy atom. The summed E-state index contributed by atoms with van der Waals surface area (Å²) in [6.07, 6.45) is 3.18. The largest absolute Gasteiger partial charge is 0.262 e. The summed E-state index contributed by atoms with van der Waals surface area (Å²) in [6, 6.07) is 5.61. The summed E-state index contributed by atoms with van der Waals surface area (Å²) in [6.45, 7) is 1.97. The van der Waals surface area contributed by atoms with Gasteiger partial charge < -0.3 is 0 Å². The van der Waals surface area contributed by atoms with Gasteiger partial charge in [0.05, 0.1) is 12.4 Å². The number of halogens is 2. The number of hydrogen-bond acceptors (Lipinski definition) is 3. The monoisotopic (exact) mass is 278 g/mol. The van der Waals surface area contributed by atoms with Crippen LogP contribution in [0.4, 0.5) is 0 Å². The van der Waals surface area contributed by atoms with Crippen LogP contribution in [0.15, 0.2) is 30.6 Å². The third kappa shape index (κ3) is 1.74. The van der Waals surface area contributed by atoms with Gasteiger partial charge in [0.1, 0.15) is 5.15 Å². The molecule has 0 amide bonds. The molecule has 18 heavy (non-hydrogen) atoms. The van der Waals surface area contributed by atoms with E-state index >= 15 is 0 Å². The van der Waals surface area contributed by atoms with E-state index in [2.05, 4.69) is 15.2 Å². The highest BCUT2D eigenvalue weighted by Gasteiger charge is 2.12. The molecular weight excluding hydrogens is 271 g/mol. The lowest BCUT2D eigenvalue weighted by Crippen LogP contribution is -1.94. The normalized spacial score (nSPS) is 11.1. The number of benzene rings is 1. The van der Waals surface area contributed by atoms with Crippen LogP contribution in [0.3, 0.4) is 0 Å². The molecule has 6 heteroatoms. The third-order valence-electron chi connectivity index (χ3n) is 2.70. The Balaban J connectivity index is 2.32. The van der Waals surface area contributed by atoms with Crippen molar-refractivity contribution in [3.63, 3.8) is 0 Å². The molecule has 0 fully saturated rings. The van der Waals surface area contributed by atoms with Gasteiger partial charge in [0.25, 0.3) is 0 Å². The van der Waals surface area contributed by atoms with Gasteiger partial charge >= 0.3 is 0 Å². The van der Waals surface area contributed by atoms with Crippen LogP contribution in [-0.2, 0) is 0 Å². The second-order valence-electron chi connectivity index (χ2n) is 3.91. The number of nitrogens with zero attached hydrogens (tertiary/aromatic N) is 4. The van der Waals surface area contributed by atoms with E-state index < -0.39 is 0 Å². The molecule has 3 rings (SSSR count). The van der Waals surface area contributed by atoms with Gasteiger partial charge in [0, 0.05) is 10.6 Å². The maximum atomic E-state index is 6.13. The number of aryl methyl sites for hydroxylation is 1. The van der Waals surface area contributed by atoms with Crippen molar-refractivity contribution in [1.82, 2.24) is 19.6 Å². The molecule has 0 aliphatic rings. The number of rotatable bonds is 1. The number of aromatic nitrogens is 4. The summed E-state index contributed by atoms with van der Waals surface area (Å²) in [4.78, 5) is 3.98. The van der Waals surface area contributed by atoms with E-state index in [0.29, 0.717) is 21.6 Å².